The summed E-state index contributed by atoms with van der Waals surface area (Å²) in [4.78, 5) is 0.00416. The highest BCUT2D eigenvalue weighted by Crippen LogP contribution is 2.24. The number of nitrogens with zero attached hydrogens (tertiary/aromatic N) is 1. The molecule has 2 rings (SSSR count). The molecular formula is C13H10ClN3O2S. The van der Waals surface area contributed by atoms with Crippen molar-refractivity contribution in [3.05, 3.63) is 53.1 Å². The summed E-state index contributed by atoms with van der Waals surface area (Å²) in [6.45, 7) is 0. The van der Waals surface area contributed by atoms with Gasteiger partial charge in [-0.25, -0.2) is 8.42 Å². The van der Waals surface area contributed by atoms with Crippen LogP contribution in [0.4, 0.5) is 11.4 Å². The number of rotatable bonds is 3. The molecule has 7 heteroatoms. The minimum Gasteiger partial charge on any atom is -0.398 e. The zero-order valence-corrected chi connectivity index (χ0v) is 11.7. The van der Waals surface area contributed by atoms with Crippen LogP contribution in [0.25, 0.3) is 0 Å². The number of nitrogens with one attached hydrogen (secondary N) is 1. The Balaban J connectivity index is 2.35. The van der Waals surface area contributed by atoms with Gasteiger partial charge < -0.3 is 5.73 Å². The van der Waals surface area contributed by atoms with Gasteiger partial charge in [0, 0.05) is 0 Å². The highest BCUT2D eigenvalue weighted by atomic mass is 35.5. The van der Waals surface area contributed by atoms with Crippen LogP contribution in [0.15, 0.2) is 47.4 Å². The number of nitriles is 1. The highest BCUT2D eigenvalue weighted by molar-refractivity contribution is 7.92. The van der Waals surface area contributed by atoms with Crippen LogP contribution in [0, 0.1) is 11.3 Å². The number of halogens is 1. The van der Waals surface area contributed by atoms with Crippen molar-refractivity contribution in [2.45, 2.75) is 4.90 Å². The van der Waals surface area contributed by atoms with Crippen molar-refractivity contribution in [2.75, 3.05) is 10.5 Å². The molecule has 0 unspecified atom stereocenters. The summed E-state index contributed by atoms with van der Waals surface area (Å²) in [5.74, 6) is 0. The van der Waals surface area contributed by atoms with Gasteiger partial charge in [-0.15, -0.1) is 0 Å². The minimum absolute atomic E-state index is 0.00416. The average Bonchev–Trinajstić information content (AvgIpc) is 2.43. The molecule has 0 aromatic heterocycles. The number of nitrogen functional groups attached to an aromatic ring is 1. The van der Waals surface area contributed by atoms with Crippen molar-refractivity contribution < 1.29 is 8.42 Å². The van der Waals surface area contributed by atoms with Gasteiger partial charge in [-0.1, -0.05) is 17.7 Å². The van der Waals surface area contributed by atoms with Crippen molar-refractivity contribution in [2.24, 2.45) is 0 Å². The maximum absolute atomic E-state index is 12.2. The molecule has 0 spiro atoms. The molecule has 0 saturated carbocycles. The molecule has 20 heavy (non-hydrogen) atoms. The zero-order chi connectivity index (χ0) is 14.8. The molecule has 0 aliphatic rings. The molecule has 2 aromatic carbocycles. The van der Waals surface area contributed by atoms with E-state index in [0.717, 1.165) is 0 Å². The normalized spacial score (nSPS) is 10.8. The third-order valence-corrected chi connectivity index (χ3v) is 4.23. The Hall–Kier alpha value is -2.23. The van der Waals surface area contributed by atoms with E-state index in [1.165, 1.54) is 42.5 Å². The monoisotopic (exact) mass is 307 g/mol. The van der Waals surface area contributed by atoms with E-state index in [9.17, 15) is 8.42 Å². The largest absolute Gasteiger partial charge is 0.398 e. The fourth-order valence-electron chi connectivity index (χ4n) is 1.54. The van der Waals surface area contributed by atoms with Crippen LogP contribution in [0.2, 0.25) is 5.02 Å². The quantitative estimate of drug-likeness (QED) is 0.852. The van der Waals surface area contributed by atoms with Crippen molar-refractivity contribution >= 4 is 33.0 Å². The van der Waals surface area contributed by atoms with Gasteiger partial charge in [0.1, 0.15) is 0 Å². The van der Waals surface area contributed by atoms with E-state index < -0.39 is 10.0 Å². The van der Waals surface area contributed by atoms with Gasteiger partial charge in [0.2, 0.25) is 0 Å². The van der Waals surface area contributed by atoms with E-state index in [2.05, 4.69) is 4.72 Å². The lowest BCUT2D eigenvalue weighted by Crippen LogP contribution is -2.13. The molecule has 3 N–H and O–H groups in total. The third-order valence-electron chi connectivity index (χ3n) is 2.53. The van der Waals surface area contributed by atoms with Crippen LogP contribution in [0.3, 0.4) is 0 Å². The first kappa shape index (κ1) is 14.2. The number of benzene rings is 2. The van der Waals surface area contributed by atoms with Crippen LogP contribution in [0.5, 0.6) is 0 Å². The van der Waals surface area contributed by atoms with Gasteiger partial charge in [-0.05, 0) is 36.4 Å². The van der Waals surface area contributed by atoms with E-state index in [0.29, 0.717) is 11.4 Å². The summed E-state index contributed by atoms with van der Waals surface area (Å²) >= 11 is 5.83. The predicted molar refractivity (Wildman–Crippen MR) is 77.8 cm³/mol. The lowest BCUT2D eigenvalue weighted by molar-refractivity contribution is 0.601. The molecule has 0 aliphatic carbocycles. The van der Waals surface area contributed by atoms with E-state index in [1.807, 2.05) is 6.07 Å². The molecule has 102 valence electrons. The van der Waals surface area contributed by atoms with E-state index >= 15 is 0 Å². The second-order valence-corrected chi connectivity index (χ2v) is 6.07. The number of anilines is 2. The van der Waals surface area contributed by atoms with E-state index in [-0.39, 0.29) is 15.5 Å². The third kappa shape index (κ3) is 3.02. The molecule has 0 saturated heterocycles. The fourth-order valence-corrected chi connectivity index (χ4v) is 2.81. The molecule has 0 aliphatic heterocycles. The van der Waals surface area contributed by atoms with Crippen LogP contribution >= 0.6 is 11.6 Å². The second-order valence-electron chi connectivity index (χ2n) is 3.98. The maximum atomic E-state index is 12.2. The summed E-state index contributed by atoms with van der Waals surface area (Å²) in [7, 11) is -3.78. The molecule has 0 fully saturated rings. The Labute approximate surface area is 121 Å². The lowest BCUT2D eigenvalue weighted by Gasteiger charge is -2.09. The molecular weight excluding hydrogens is 298 g/mol. The molecule has 5 nitrogen and oxygen atoms in total. The Kier molecular flexibility index (Phi) is 3.84. The summed E-state index contributed by atoms with van der Waals surface area (Å²) in [6, 6.07) is 12.0. The number of hydrogen-bond donors (Lipinski definition) is 2. The van der Waals surface area contributed by atoms with Gasteiger partial charge in [0.25, 0.3) is 10.0 Å². The topological polar surface area (TPSA) is 96.0 Å². The molecule has 0 heterocycles. The molecule has 2 aromatic rings. The van der Waals surface area contributed by atoms with Crippen molar-refractivity contribution in [3.8, 4) is 6.07 Å². The first-order valence-corrected chi connectivity index (χ1v) is 7.36. The standard InChI is InChI=1S/C13H10ClN3O2S/c14-12-7-10(4-5-13(12)16)17-20(18,19)11-3-1-2-9(6-11)8-15/h1-7,17H,16H2. The summed E-state index contributed by atoms with van der Waals surface area (Å²) in [6.07, 6.45) is 0. The first-order valence-electron chi connectivity index (χ1n) is 5.50. The Morgan fingerprint density at radius 3 is 2.60 bits per heavy atom. The maximum Gasteiger partial charge on any atom is 0.261 e. The van der Waals surface area contributed by atoms with Gasteiger partial charge in [-0.3, -0.25) is 4.72 Å². The van der Waals surface area contributed by atoms with E-state index in [4.69, 9.17) is 22.6 Å². The van der Waals surface area contributed by atoms with Gasteiger partial charge in [0.05, 0.1) is 32.9 Å². The van der Waals surface area contributed by atoms with Crippen LogP contribution < -0.4 is 10.5 Å². The fraction of sp³-hybridized carbons (Fsp3) is 0. The Morgan fingerprint density at radius 1 is 1.20 bits per heavy atom. The summed E-state index contributed by atoms with van der Waals surface area (Å²) in [5.41, 5.74) is 6.48. The SMILES string of the molecule is N#Cc1cccc(S(=O)(=O)Nc2ccc(N)c(Cl)c2)c1. The smallest absolute Gasteiger partial charge is 0.261 e. The Bertz CT molecular complexity index is 798. The van der Waals surface area contributed by atoms with Gasteiger partial charge in [-0.2, -0.15) is 5.26 Å². The average molecular weight is 308 g/mol. The van der Waals surface area contributed by atoms with Crippen LogP contribution in [-0.4, -0.2) is 8.42 Å². The number of sulfonamides is 1. The van der Waals surface area contributed by atoms with Gasteiger partial charge >= 0.3 is 0 Å². The minimum atomic E-state index is -3.78. The number of hydrogen-bond acceptors (Lipinski definition) is 4. The first-order chi connectivity index (χ1) is 9.42. The Morgan fingerprint density at radius 2 is 1.95 bits per heavy atom. The zero-order valence-electron chi connectivity index (χ0n) is 10.2. The van der Waals surface area contributed by atoms with Crippen molar-refractivity contribution in [3.63, 3.8) is 0 Å². The van der Waals surface area contributed by atoms with E-state index in [1.54, 1.807) is 0 Å². The van der Waals surface area contributed by atoms with Crippen LogP contribution in [0.1, 0.15) is 5.56 Å². The second kappa shape index (κ2) is 5.41. The highest BCUT2D eigenvalue weighted by Gasteiger charge is 2.15. The lowest BCUT2D eigenvalue weighted by atomic mass is 10.2. The van der Waals surface area contributed by atoms with Crippen LogP contribution in [-0.2, 0) is 10.0 Å². The van der Waals surface area contributed by atoms with Gasteiger partial charge in [0.15, 0.2) is 0 Å². The predicted octanol–water partition coefficient (Wildman–Crippen LogP) is 2.59. The summed E-state index contributed by atoms with van der Waals surface area (Å²) < 4.78 is 26.7. The van der Waals surface area contributed by atoms with Crippen molar-refractivity contribution in [1.29, 1.82) is 5.26 Å². The molecule has 0 atom stereocenters. The molecule has 0 bridgehead atoms. The number of nitrogens with two attached hydrogens (primary N) is 1. The summed E-state index contributed by atoms with van der Waals surface area (Å²) in [5, 5.41) is 9.05. The molecule has 0 amide bonds. The molecule has 0 radical (unpaired) electrons. The van der Waals surface area contributed by atoms with Crippen molar-refractivity contribution in [1.82, 2.24) is 0 Å².